The lowest BCUT2D eigenvalue weighted by molar-refractivity contribution is 0.112. The van der Waals surface area contributed by atoms with E-state index < -0.39 is 0 Å². The minimum Gasteiger partial charge on any atom is -0.504 e. The van der Waals surface area contributed by atoms with E-state index in [1.54, 1.807) is 12.1 Å². The number of aromatic nitrogens is 1. The van der Waals surface area contributed by atoms with Gasteiger partial charge in [-0.15, -0.1) is 0 Å². The molecule has 0 aliphatic rings. The van der Waals surface area contributed by atoms with Gasteiger partial charge in [0.1, 0.15) is 0 Å². The fourth-order valence-corrected chi connectivity index (χ4v) is 2.01. The molecule has 0 fully saturated rings. The van der Waals surface area contributed by atoms with Gasteiger partial charge >= 0.3 is 0 Å². The lowest BCUT2D eigenvalue weighted by Gasteiger charge is -2.09. The van der Waals surface area contributed by atoms with Crippen LogP contribution < -0.4 is 4.74 Å². The number of methoxy groups -OCH3 is 1. The van der Waals surface area contributed by atoms with Crippen LogP contribution in [0.3, 0.4) is 0 Å². The molecule has 1 aromatic carbocycles. The van der Waals surface area contributed by atoms with Crippen molar-refractivity contribution in [1.29, 1.82) is 0 Å². The number of phenolic OH excluding ortho intramolecular Hbond substituents is 1. The van der Waals surface area contributed by atoms with Gasteiger partial charge in [-0.3, -0.25) is 9.78 Å². The summed E-state index contributed by atoms with van der Waals surface area (Å²) < 4.78 is 5.07. The monoisotopic (exact) mass is 271 g/mol. The van der Waals surface area contributed by atoms with Gasteiger partial charge in [-0.1, -0.05) is 6.07 Å². The van der Waals surface area contributed by atoms with Crippen LogP contribution in [0.25, 0.3) is 0 Å². The first kappa shape index (κ1) is 14.1. The summed E-state index contributed by atoms with van der Waals surface area (Å²) in [5.41, 5.74) is 3.32. The number of aromatic hydroxyl groups is 1. The summed E-state index contributed by atoms with van der Waals surface area (Å²) >= 11 is 0. The molecule has 0 saturated heterocycles. The predicted octanol–water partition coefficient (Wildman–Crippen LogP) is 2.70. The quantitative estimate of drug-likeness (QED) is 0.849. The first-order valence-corrected chi connectivity index (χ1v) is 6.40. The van der Waals surface area contributed by atoms with Gasteiger partial charge in [0.2, 0.25) is 0 Å². The van der Waals surface area contributed by atoms with Crippen molar-refractivity contribution in [2.45, 2.75) is 19.8 Å². The molecule has 0 aliphatic carbocycles. The molecule has 1 aromatic heterocycles. The third kappa shape index (κ3) is 3.15. The molecule has 0 aliphatic heterocycles. The smallest absolute Gasteiger partial charge is 0.168 e. The molecule has 0 unspecified atom stereocenters. The highest BCUT2D eigenvalue weighted by atomic mass is 16.5. The number of carbonyl (C=O) groups excluding carboxylic acids is 1. The van der Waals surface area contributed by atoms with Gasteiger partial charge in [0.25, 0.3) is 0 Å². The van der Waals surface area contributed by atoms with Crippen LogP contribution in [0.4, 0.5) is 0 Å². The Bertz CT molecular complexity index is 606. The molecule has 0 amide bonds. The number of nitrogens with zero attached hydrogens (tertiary/aromatic N) is 1. The molecular formula is C16H17NO3. The second kappa shape index (κ2) is 6.19. The highest BCUT2D eigenvalue weighted by Gasteiger charge is 2.10. The number of ether oxygens (including phenoxy) is 1. The third-order valence-electron chi connectivity index (χ3n) is 3.19. The van der Waals surface area contributed by atoms with E-state index in [4.69, 9.17) is 4.74 Å². The average molecular weight is 271 g/mol. The van der Waals surface area contributed by atoms with E-state index in [0.29, 0.717) is 12.0 Å². The van der Waals surface area contributed by atoms with Crippen molar-refractivity contribution in [3.05, 3.63) is 52.8 Å². The standard InChI is InChI=1S/C16H17NO3/c1-11-3-4-12(9-17-11)5-6-13-7-14(10-18)16(19)15(8-13)20-2/h3-4,7-10,19H,5-6H2,1-2H3. The topological polar surface area (TPSA) is 59.4 Å². The van der Waals surface area contributed by atoms with Gasteiger partial charge in [-0.25, -0.2) is 0 Å². The van der Waals surface area contributed by atoms with Crippen LogP contribution in [0, 0.1) is 6.92 Å². The molecule has 0 atom stereocenters. The van der Waals surface area contributed by atoms with E-state index in [1.165, 1.54) is 7.11 Å². The van der Waals surface area contributed by atoms with Crippen molar-refractivity contribution in [2.24, 2.45) is 0 Å². The zero-order valence-corrected chi connectivity index (χ0v) is 11.6. The van der Waals surface area contributed by atoms with E-state index in [0.717, 1.165) is 29.7 Å². The summed E-state index contributed by atoms with van der Waals surface area (Å²) in [7, 11) is 1.47. The van der Waals surface area contributed by atoms with Crippen LogP contribution in [0.1, 0.15) is 27.2 Å². The van der Waals surface area contributed by atoms with Crippen molar-refractivity contribution < 1.29 is 14.6 Å². The summed E-state index contributed by atoms with van der Waals surface area (Å²) in [4.78, 5) is 15.2. The van der Waals surface area contributed by atoms with Crippen molar-refractivity contribution in [2.75, 3.05) is 7.11 Å². The van der Waals surface area contributed by atoms with Gasteiger partial charge in [0.15, 0.2) is 17.8 Å². The number of phenols is 1. The van der Waals surface area contributed by atoms with Crippen molar-refractivity contribution >= 4 is 6.29 Å². The van der Waals surface area contributed by atoms with Gasteiger partial charge in [0.05, 0.1) is 12.7 Å². The Morgan fingerprint density at radius 3 is 2.60 bits per heavy atom. The first-order chi connectivity index (χ1) is 9.63. The minimum atomic E-state index is -0.108. The maximum Gasteiger partial charge on any atom is 0.168 e. The maximum absolute atomic E-state index is 10.9. The number of rotatable bonds is 5. The van der Waals surface area contributed by atoms with Crippen LogP contribution in [0.5, 0.6) is 11.5 Å². The van der Waals surface area contributed by atoms with Gasteiger partial charge in [-0.05, 0) is 49.1 Å². The molecule has 0 spiro atoms. The second-order valence-electron chi connectivity index (χ2n) is 4.66. The lowest BCUT2D eigenvalue weighted by Crippen LogP contribution is -1.96. The Morgan fingerprint density at radius 1 is 1.25 bits per heavy atom. The van der Waals surface area contributed by atoms with Gasteiger partial charge in [0, 0.05) is 11.9 Å². The Kier molecular flexibility index (Phi) is 4.35. The Labute approximate surface area is 118 Å². The van der Waals surface area contributed by atoms with Crippen LogP contribution in [0.2, 0.25) is 0 Å². The van der Waals surface area contributed by atoms with Crippen LogP contribution in [-0.2, 0) is 12.8 Å². The molecule has 104 valence electrons. The van der Waals surface area contributed by atoms with Crippen LogP contribution in [0.15, 0.2) is 30.5 Å². The number of pyridine rings is 1. The van der Waals surface area contributed by atoms with E-state index in [-0.39, 0.29) is 11.3 Å². The molecule has 2 rings (SSSR count). The predicted molar refractivity (Wildman–Crippen MR) is 76.4 cm³/mol. The molecule has 1 heterocycles. The van der Waals surface area contributed by atoms with Crippen molar-refractivity contribution in [1.82, 2.24) is 4.98 Å². The summed E-state index contributed by atoms with van der Waals surface area (Å²) in [6.07, 6.45) is 4.06. The zero-order chi connectivity index (χ0) is 14.5. The molecule has 1 N–H and O–H groups in total. The number of aldehydes is 1. The average Bonchev–Trinajstić information content (AvgIpc) is 2.47. The van der Waals surface area contributed by atoms with Gasteiger partial charge in [-0.2, -0.15) is 0 Å². The number of aryl methyl sites for hydroxylation is 3. The summed E-state index contributed by atoms with van der Waals surface area (Å²) in [6.45, 7) is 1.95. The summed E-state index contributed by atoms with van der Waals surface area (Å²) in [5.74, 6) is 0.217. The Balaban J connectivity index is 2.17. The summed E-state index contributed by atoms with van der Waals surface area (Å²) in [6, 6.07) is 7.46. The van der Waals surface area contributed by atoms with Crippen molar-refractivity contribution in [3.63, 3.8) is 0 Å². The first-order valence-electron chi connectivity index (χ1n) is 6.40. The molecule has 2 aromatic rings. The lowest BCUT2D eigenvalue weighted by atomic mass is 10.0. The van der Waals surface area contributed by atoms with Crippen LogP contribution in [-0.4, -0.2) is 23.5 Å². The molecule has 20 heavy (non-hydrogen) atoms. The van der Waals surface area contributed by atoms with Gasteiger partial charge < -0.3 is 9.84 Å². The molecule has 0 bridgehead atoms. The Morgan fingerprint density at radius 2 is 2.00 bits per heavy atom. The number of hydrogen-bond donors (Lipinski definition) is 1. The third-order valence-corrected chi connectivity index (χ3v) is 3.19. The maximum atomic E-state index is 10.9. The number of hydrogen-bond acceptors (Lipinski definition) is 4. The molecule has 0 radical (unpaired) electrons. The number of carbonyl (C=O) groups is 1. The zero-order valence-electron chi connectivity index (χ0n) is 11.6. The van der Waals surface area contributed by atoms with E-state index in [9.17, 15) is 9.90 Å². The SMILES string of the molecule is COc1cc(CCc2ccc(C)nc2)cc(C=O)c1O. The van der Waals surface area contributed by atoms with Crippen molar-refractivity contribution in [3.8, 4) is 11.5 Å². The fourth-order valence-electron chi connectivity index (χ4n) is 2.01. The molecule has 4 heteroatoms. The largest absolute Gasteiger partial charge is 0.504 e. The van der Waals surface area contributed by atoms with Crippen LogP contribution >= 0.6 is 0 Å². The highest BCUT2D eigenvalue weighted by Crippen LogP contribution is 2.30. The molecule has 4 nitrogen and oxygen atoms in total. The normalized spacial score (nSPS) is 10.3. The molecule has 0 saturated carbocycles. The number of benzene rings is 1. The Hall–Kier alpha value is -2.36. The fraction of sp³-hybridized carbons (Fsp3) is 0.250. The van der Waals surface area contributed by atoms with E-state index in [1.807, 2.05) is 25.3 Å². The second-order valence-corrected chi connectivity index (χ2v) is 4.66. The molecular weight excluding hydrogens is 254 g/mol. The van der Waals surface area contributed by atoms with E-state index in [2.05, 4.69) is 4.98 Å². The minimum absolute atomic E-state index is 0.108. The highest BCUT2D eigenvalue weighted by molar-refractivity contribution is 5.81. The summed E-state index contributed by atoms with van der Waals surface area (Å²) in [5, 5.41) is 9.76. The van der Waals surface area contributed by atoms with E-state index >= 15 is 0 Å².